The third-order valence-electron chi connectivity index (χ3n) is 3.12. The maximum absolute atomic E-state index is 5.85. The molecule has 1 aromatic carbocycles. The van der Waals surface area contributed by atoms with E-state index in [2.05, 4.69) is 71.5 Å². The van der Waals surface area contributed by atoms with E-state index in [1.165, 1.54) is 29.9 Å². The van der Waals surface area contributed by atoms with Crippen molar-refractivity contribution in [3.05, 3.63) is 28.2 Å². The Balaban J connectivity index is 2.34. The van der Waals surface area contributed by atoms with Gasteiger partial charge in [0.1, 0.15) is 5.75 Å². The lowest BCUT2D eigenvalue weighted by Gasteiger charge is -2.38. The topological polar surface area (TPSA) is 9.23 Å². The first-order valence-electron chi connectivity index (χ1n) is 6.92. The summed E-state index contributed by atoms with van der Waals surface area (Å²) in [4.78, 5) is 0. The minimum Gasteiger partial charge on any atom is -0.493 e. The van der Waals surface area contributed by atoms with E-state index >= 15 is 0 Å². The molecule has 2 rings (SSSR count). The van der Waals surface area contributed by atoms with Crippen LogP contribution in [0.2, 0.25) is 0 Å². The molecule has 0 amide bonds. The fourth-order valence-corrected chi connectivity index (χ4v) is 5.58. The average Bonchev–Trinajstić information content (AvgIpc) is 2.43. The second-order valence-electron chi connectivity index (χ2n) is 4.69. The minimum absolute atomic E-state index is 0.184. The highest BCUT2D eigenvalue weighted by atomic mass is 79.9. The normalized spacial score (nSPS) is 16.8. The lowest BCUT2D eigenvalue weighted by atomic mass is 10.1. The molecule has 106 valence electrons. The van der Waals surface area contributed by atoms with Gasteiger partial charge in [-0.3, -0.25) is 0 Å². The zero-order valence-corrected chi connectivity index (χ0v) is 14.8. The fraction of sp³-hybridized carbons (Fsp3) is 0.600. The summed E-state index contributed by atoms with van der Waals surface area (Å²) in [6, 6.07) is 6.43. The number of rotatable bonds is 6. The lowest BCUT2D eigenvalue weighted by Crippen LogP contribution is -2.27. The molecule has 0 N–H and O–H groups in total. The van der Waals surface area contributed by atoms with Crippen LogP contribution in [0.5, 0.6) is 5.75 Å². The van der Waals surface area contributed by atoms with E-state index in [-0.39, 0.29) is 4.08 Å². The van der Waals surface area contributed by atoms with Crippen LogP contribution in [0.4, 0.5) is 0 Å². The molecule has 1 heterocycles. The fourth-order valence-electron chi connectivity index (χ4n) is 2.23. The largest absolute Gasteiger partial charge is 0.493 e. The number of benzene rings is 1. The van der Waals surface area contributed by atoms with Crippen molar-refractivity contribution in [2.75, 3.05) is 18.1 Å². The Labute approximate surface area is 133 Å². The Kier molecular flexibility index (Phi) is 5.97. The van der Waals surface area contributed by atoms with Gasteiger partial charge in [-0.15, -0.1) is 23.5 Å². The number of fused-ring (bicyclic) bond motifs is 1. The predicted molar refractivity (Wildman–Crippen MR) is 91.4 cm³/mol. The van der Waals surface area contributed by atoms with Crippen LogP contribution in [0.15, 0.2) is 22.7 Å². The van der Waals surface area contributed by atoms with Crippen LogP contribution in [0.1, 0.15) is 38.7 Å². The van der Waals surface area contributed by atoms with Crippen molar-refractivity contribution in [2.24, 2.45) is 0 Å². The molecule has 0 aliphatic carbocycles. The van der Waals surface area contributed by atoms with Gasteiger partial charge in [0.05, 0.1) is 10.7 Å². The number of ether oxygens (including phenoxy) is 1. The van der Waals surface area contributed by atoms with Crippen LogP contribution < -0.4 is 4.74 Å². The van der Waals surface area contributed by atoms with E-state index < -0.39 is 0 Å². The summed E-state index contributed by atoms with van der Waals surface area (Å²) in [6.45, 7) is 5.35. The monoisotopic (exact) mass is 360 g/mol. The van der Waals surface area contributed by atoms with Gasteiger partial charge < -0.3 is 4.74 Å². The molecule has 0 fully saturated rings. The summed E-state index contributed by atoms with van der Waals surface area (Å²) in [6.07, 6.45) is 3.55. The van der Waals surface area contributed by atoms with Crippen LogP contribution in [-0.4, -0.2) is 18.1 Å². The van der Waals surface area contributed by atoms with E-state index in [4.69, 9.17) is 4.74 Å². The molecule has 0 bridgehead atoms. The van der Waals surface area contributed by atoms with Crippen molar-refractivity contribution in [3.63, 3.8) is 0 Å². The molecule has 0 radical (unpaired) electrons. The molecule has 19 heavy (non-hydrogen) atoms. The van der Waals surface area contributed by atoms with Crippen molar-refractivity contribution in [3.8, 4) is 5.75 Å². The molecule has 0 atom stereocenters. The van der Waals surface area contributed by atoms with Crippen molar-refractivity contribution in [2.45, 2.75) is 37.2 Å². The number of halogens is 1. The summed E-state index contributed by atoms with van der Waals surface area (Å²) in [5.74, 6) is 3.49. The highest BCUT2D eigenvalue weighted by Gasteiger charge is 2.38. The Morgan fingerprint density at radius 1 is 1.21 bits per heavy atom. The Hall–Kier alpha value is 0.200. The quantitative estimate of drug-likeness (QED) is 0.604. The van der Waals surface area contributed by atoms with Gasteiger partial charge in [-0.2, -0.15) is 0 Å². The SMILES string of the molecule is CCCSC1(SCCC)CCOc2ccc(Br)cc21. The second kappa shape index (κ2) is 7.28. The van der Waals surface area contributed by atoms with Crippen LogP contribution >= 0.6 is 39.5 Å². The van der Waals surface area contributed by atoms with E-state index in [9.17, 15) is 0 Å². The minimum atomic E-state index is 0.184. The summed E-state index contributed by atoms with van der Waals surface area (Å²) < 4.78 is 7.18. The van der Waals surface area contributed by atoms with E-state index in [0.29, 0.717) is 0 Å². The first-order valence-corrected chi connectivity index (χ1v) is 9.69. The Morgan fingerprint density at radius 2 is 1.89 bits per heavy atom. The van der Waals surface area contributed by atoms with E-state index in [1.54, 1.807) is 0 Å². The second-order valence-corrected chi connectivity index (χ2v) is 8.65. The first kappa shape index (κ1) is 15.6. The highest BCUT2D eigenvalue weighted by Crippen LogP contribution is 2.55. The Bertz CT molecular complexity index is 415. The van der Waals surface area contributed by atoms with Crippen LogP contribution in [0.25, 0.3) is 0 Å². The van der Waals surface area contributed by atoms with E-state index in [0.717, 1.165) is 23.2 Å². The van der Waals surface area contributed by atoms with Crippen molar-refractivity contribution in [1.82, 2.24) is 0 Å². The standard InChI is InChI=1S/C15H21BrOS2/c1-3-9-18-15(19-10-4-2)7-8-17-14-6-5-12(16)11-13(14)15/h5-6,11H,3-4,7-10H2,1-2H3. The molecule has 0 unspecified atom stereocenters. The molecule has 0 aromatic heterocycles. The third kappa shape index (κ3) is 3.64. The molecule has 1 aromatic rings. The van der Waals surface area contributed by atoms with Gasteiger partial charge in [-0.05, 0) is 42.5 Å². The maximum atomic E-state index is 5.85. The van der Waals surface area contributed by atoms with Gasteiger partial charge in [0, 0.05) is 16.5 Å². The molecule has 0 saturated heterocycles. The van der Waals surface area contributed by atoms with Gasteiger partial charge >= 0.3 is 0 Å². The summed E-state index contributed by atoms with van der Waals surface area (Å²) in [5, 5.41) is 0. The molecule has 4 heteroatoms. The lowest BCUT2D eigenvalue weighted by molar-refractivity contribution is 0.280. The van der Waals surface area contributed by atoms with E-state index in [1.807, 2.05) is 0 Å². The predicted octanol–water partition coefficient (Wildman–Crippen LogP) is 5.67. The zero-order chi connectivity index (χ0) is 13.7. The first-order chi connectivity index (χ1) is 9.22. The Morgan fingerprint density at radius 3 is 2.53 bits per heavy atom. The van der Waals surface area contributed by atoms with Crippen LogP contribution in [0.3, 0.4) is 0 Å². The molecule has 1 nitrogen and oxygen atoms in total. The zero-order valence-electron chi connectivity index (χ0n) is 11.6. The molecule has 1 aliphatic heterocycles. The number of hydrogen-bond donors (Lipinski definition) is 0. The highest BCUT2D eigenvalue weighted by molar-refractivity contribution is 9.10. The molecular formula is C15H21BrOS2. The van der Waals surface area contributed by atoms with Gasteiger partial charge in [0.25, 0.3) is 0 Å². The molecular weight excluding hydrogens is 340 g/mol. The van der Waals surface area contributed by atoms with Gasteiger partial charge in [0.2, 0.25) is 0 Å². The van der Waals surface area contributed by atoms with Gasteiger partial charge in [-0.1, -0.05) is 29.8 Å². The van der Waals surface area contributed by atoms with Crippen molar-refractivity contribution in [1.29, 1.82) is 0 Å². The number of hydrogen-bond acceptors (Lipinski definition) is 3. The summed E-state index contributed by atoms with van der Waals surface area (Å²) >= 11 is 7.80. The smallest absolute Gasteiger partial charge is 0.124 e. The van der Waals surface area contributed by atoms with Crippen molar-refractivity contribution < 1.29 is 4.74 Å². The molecule has 0 spiro atoms. The summed E-state index contributed by atoms with van der Waals surface area (Å²) in [7, 11) is 0. The van der Waals surface area contributed by atoms with Crippen LogP contribution in [-0.2, 0) is 4.08 Å². The third-order valence-corrected chi connectivity index (χ3v) is 7.33. The van der Waals surface area contributed by atoms with Gasteiger partial charge in [0.15, 0.2) is 0 Å². The van der Waals surface area contributed by atoms with Gasteiger partial charge in [-0.25, -0.2) is 0 Å². The van der Waals surface area contributed by atoms with Crippen molar-refractivity contribution >= 4 is 39.5 Å². The number of thioether (sulfide) groups is 2. The van der Waals surface area contributed by atoms with Crippen LogP contribution in [0, 0.1) is 0 Å². The molecule has 1 aliphatic rings. The average molecular weight is 361 g/mol. The molecule has 0 saturated carbocycles. The summed E-state index contributed by atoms with van der Waals surface area (Å²) in [5.41, 5.74) is 1.37. The maximum Gasteiger partial charge on any atom is 0.124 e.